The molecule has 2 heterocycles. The highest BCUT2D eigenvalue weighted by Crippen LogP contribution is 2.19. The van der Waals surface area contributed by atoms with Crippen molar-refractivity contribution in [3.05, 3.63) is 24.4 Å². The van der Waals surface area contributed by atoms with E-state index in [2.05, 4.69) is 15.0 Å². The van der Waals surface area contributed by atoms with E-state index in [1.165, 1.54) is 0 Å². The van der Waals surface area contributed by atoms with Gasteiger partial charge in [0.25, 0.3) is 0 Å². The number of nitrogens with one attached hydrogen (secondary N) is 2. The molecule has 0 aliphatic carbocycles. The van der Waals surface area contributed by atoms with Crippen LogP contribution in [0.15, 0.2) is 29.4 Å². The number of aldehydes is 1. The van der Waals surface area contributed by atoms with Crippen molar-refractivity contribution in [1.82, 2.24) is 10.0 Å². The zero-order chi connectivity index (χ0) is 22.2. The lowest BCUT2D eigenvalue weighted by atomic mass is 9.87. The van der Waals surface area contributed by atoms with Crippen molar-refractivity contribution in [3.63, 3.8) is 0 Å². The number of carbonyl (C=O) groups excluding carboxylic acids is 2. The molecule has 1 fully saturated rings. The average Bonchev–Trinajstić information content (AvgIpc) is 2.72. The Morgan fingerprint density at radius 2 is 2.17 bits per heavy atom. The smallest absolute Gasteiger partial charge is 0.243 e. The summed E-state index contributed by atoms with van der Waals surface area (Å²) in [7, 11) is -4.00. The molecule has 168 valence electrons. The Morgan fingerprint density at radius 3 is 2.73 bits per heavy atom. The van der Waals surface area contributed by atoms with Crippen molar-refractivity contribution in [1.29, 1.82) is 0 Å². The van der Waals surface area contributed by atoms with E-state index in [-0.39, 0.29) is 37.7 Å². The Hall–Kier alpha value is -2.32. The lowest BCUT2D eigenvalue weighted by Crippen LogP contribution is -2.52. The van der Waals surface area contributed by atoms with Crippen molar-refractivity contribution in [2.75, 3.05) is 6.61 Å². The van der Waals surface area contributed by atoms with Gasteiger partial charge in [-0.15, -0.1) is 0 Å². The second-order valence-corrected chi connectivity index (χ2v) is 8.92. The number of guanidine groups is 1. The summed E-state index contributed by atoms with van der Waals surface area (Å²) in [6, 6.07) is -0.291. The molecule has 8 N–H and O–H groups in total. The van der Waals surface area contributed by atoms with Gasteiger partial charge in [0.1, 0.15) is 18.0 Å². The second kappa shape index (κ2) is 10.6. The van der Waals surface area contributed by atoms with Crippen molar-refractivity contribution in [2.24, 2.45) is 22.2 Å². The van der Waals surface area contributed by atoms with E-state index < -0.39 is 32.9 Å². The topological polar surface area (TPSA) is 201 Å². The third kappa shape index (κ3) is 6.88. The lowest BCUT2D eigenvalue weighted by molar-refractivity contribution is -0.325. The van der Waals surface area contributed by atoms with Crippen LogP contribution in [0.25, 0.3) is 0 Å². The standard InChI is InChI=1S/C17H28N6O6S/c18-16(19)22-14(23-30(26,27)15-5-3-9-28-29-15)6-7-17(20,11-24)13(25)10-12-4-1-2-8-21-12/h1-2,4,8,11-12,14-15,21,23H,3,5-7,9-10,20H2,(H4,18,19,22)/t12?,14?,15?,17-/m0/s1. The molecule has 0 spiro atoms. The average molecular weight is 445 g/mol. The quantitative estimate of drug-likeness (QED) is 0.0799. The summed E-state index contributed by atoms with van der Waals surface area (Å²) >= 11 is 0. The highest BCUT2D eigenvalue weighted by atomic mass is 32.2. The number of allylic oxidation sites excluding steroid dienone is 2. The molecule has 4 atom stereocenters. The van der Waals surface area contributed by atoms with Crippen LogP contribution in [-0.2, 0) is 29.4 Å². The summed E-state index contributed by atoms with van der Waals surface area (Å²) in [6.45, 7) is 0.293. The predicted octanol–water partition coefficient (Wildman–Crippen LogP) is -1.75. The monoisotopic (exact) mass is 444 g/mol. The fraction of sp³-hybridized carbons (Fsp3) is 0.588. The van der Waals surface area contributed by atoms with Gasteiger partial charge in [-0.05, 0) is 38.0 Å². The molecule has 12 nitrogen and oxygen atoms in total. The largest absolute Gasteiger partial charge is 0.384 e. The van der Waals surface area contributed by atoms with Gasteiger partial charge >= 0.3 is 0 Å². The fourth-order valence-electron chi connectivity index (χ4n) is 2.93. The minimum absolute atomic E-state index is 0.0119. The van der Waals surface area contributed by atoms with Crippen molar-refractivity contribution in [2.45, 2.75) is 55.3 Å². The fourth-order valence-corrected chi connectivity index (χ4v) is 4.27. The number of dihydropyridines is 1. The number of carbonyl (C=O) groups is 2. The lowest BCUT2D eigenvalue weighted by Gasteiger charge is -2.27. The molecule has 0 saturated carbocycles. The number of nitrogens with zero attached hydrogens (tertiary/aromatic N) is 1. The number of sulfonamides is 1. The van der Waals surface area contributed by atoms with Gasteiger partial charge in [0.05, 0.1) is 12.6 Å². The highest BCUT2D eigenvalue weighted by Gasteiger charge is 2.37. The van der Waals surface area contributed by atoms with Gasteiger partial charge in [0, 0.05) is 6.42 Å². The molecule has 30 heavy (non-hydrogen) atoms. The van der Waals surface area contributed by atoms with Gasteiger partial charge in [-0.25, -0.2) is 23.2 Å². The number of Topliss-reactive ketones (excluding diaryl/α,β-unsaturated/α-hetero) is 1. The Labute approximate surface area is 174 Å². The van der Waals surface area contributed by atoms with Crippen LogP contribution in [0.1, 0.15) is 32.1 Å². The molecule has 2 aliphatic rings. The molecule has 0 bridgehead atoms. The molecular weight excluding hydrogens is 416 g/mol. The zero-order valence-corrected chi connectivity index (χ0v) is 17.2. The van der Waals surface area contributed by atoms with E-state index >= 15 is 0 Å². The van der Waals surface area contributed by atoms with E-state index in [1.807, 2.05) is 0 Å². The molecule has 0 aromatic carbocycles. The van der Waals surface area contributed by atoms with E-state index in [4.69, 9.17) is 27.0 Å². The van der Waals surface area contributed by atoms with Gasteiger partial charge in [-0.1, -0.05) is 12.2 Å². The summed E-state index contributed by atoms with van der Waals surface area (Å²) in [5.41, 5.74) is 13.8. The summed E-state index contributed by atoms with van der Waals surface area (Å²) in [6.07, 6.45) is 6.65. The van der Waals surface area contributed by atoms with Gasteiger partial charge < -0.3 is 27.3 Å². The predicted molar refractivity (Wildman–Crippen MR) is 109 cm³/mol. The van der Waals surface area contributed by atoms with Crippen LogP contribution in [0.4, 0.5) is 0 Å². The van der Waals surface area contributed by atoms with Crippen molar-refractivity contribution >= 4 is 28.1 Å². The number of nitrogens with two attached hydrogens (primary N) is 3. The third-order valence-corrected chi connectivity index (χ3v) is 6.23. The number of rotatable bonds is 11. The molecule has 0 amide bonds. The molecule has 0 aromatic rings. The first-order valence-corrected chi connectivity index (χ1v) is 11.0. The Bertz CT molecular complexity index is 804. The Morgan fingerprint density at radius 1 is 1.40 bits per heavy atom. The maximum Gasteiger partial charge on any atom is 0.243 e. The summed E-state index contributed by atoms with van der Waals surface area (Å²) in [5.74, 6) is -0.864. The van der Waals surface area contributed by atoms with Crippen LogP contribution in [-0.4, -0.2) is 56.2 Å². The first kappa shape index (κ1) is 24.0. The third-order valence-electron chi connectivity index (χ3n) is 4.62. The van der Waals surface area contributed by atoms with Crippen LogP contribution in [0, 0.1) is 0 Å². The van der Waals surface area contributed by atoms with Gasteiger partial charge in [-0.3, -0.25) is 4.79 Å². The van der Waals surface area contributed by atoms with E-state index in [1.54, 1.807) is 24.4 Å². The van der Waals surface area contributed by atoms with Crippen LogP contribution >= 0.6 is 0 Å². The minimum Gasteiger partial charge on any atom is -0.384 e. The maximum absolute atomic E-state index is 12.6. The molecule has 0 aromatic heterocycles. The summed E-state index contributed by atoms with van der Waals surface area (Å²) in [5, 5.41) is 2.97. The molecular formula is C17H28N6O6S. The van der Waals surface area contributed by atoms with E-state index in [0.29, 0.717) is 19.3 Å². The Kier molecular flexibility index (Phi) is 8.49. The van der Waals surface area contributed by atoms with Gasteiger partial charge in [0.2, 0.25) is 15.5 Å². The maximum atomic E-state index is 12.6. The van der Waals surface area contributed by atoms with Crippen LogP contribution in [0.2, 0.25) is 0 Å². The van der Waals surface area contributed by atoms with E-state index in [0.717, 1.165) is 0 Å². The first-order valence-electron chi connectivity index (χ1n) is 9.42. The molecule has 0 radical (unpaired) electrons. The molecule has 2 rings (SSSR count). The number of hydrogen-bond acceptors (Lipinski definition) is 9. The normalized spacial score (nSPS) is 24.3. The van der Waals surface area contributed by atoms with Gasteiger partial charge in [-0.2, -0.15) is 4.72 Å². The number of ketones is 1. The van der Waals surface area contributed by atoms with Crippen LogP contribution in [0.5, 0.6) is 0 Å². The van der Waals surface area contributed by atoms with Crippen LogP contribution < -0.4 is 27.2 Å². The summed E-state index contributed by atoms with van der Waals surface area (Å²) < 4.78 is 27.3. The van der Waals surface area contributed by atoms with E-state index in [9.17, 15) is 18.0 Å². The Balaban J connectivity index is 2.04. The zero-order valence-electron chi connectivity index (χ0n) is 16.4. The van der Waals surface area contributed by atoms with Crippen molar-refractivity contribution < 1.29 is 27.8 Å². The minimum atomic E-state index is -4.00. The molecule has 13 heteroatoms. The number of aliphatic imine (C=N–C) groups is 1. The second-order valence-electron chi connectivity index (χ2n) is 7.06. The first-order chi connectivity index (χ1) is 14.2. The molecule has 1 saturated heterocycles. The number of hydrogen-bond donors (Lipinski definition) is 5. The van der Waals surface area contributed by atoms with Crippen molar-refractivity contribution in [3.8, 4) is 0 Å². The SMILES string of the molecule is NC(N)=NC(CC[C@](N)(C=O)C(=O)CC1C=CC=CN1)NS(=O)(=O)C1CCCOO1. The molecule has 2 aliphatic heterocycles. The highest BCUT2D eigenvalue weighted by molar-refractivity contribution is 7.90. The molecule has 3 unspecified atom stereocenters. The van der Waals surface area contributed by atoms with Crippen LogP contribution in [0.3, 0.4) is 0 Å². The summed E-state index contributed by atoms with van der Waals surface area (Å²) in [4.78, 5) is 37.6. The van der Waals surface area contributed by atoms with Gasteiger partial charge in [0.15, 0.2) is 11.7 Å².